The van der Waals surface area contributed by atoms with Gasteiger partial charge in [-0.25, -0.2) is 4.39 Å². The lowest BCUT2D eigenvalue weighted by Crippen LogP contribution is -2.43. The van der Waals surface area contributed by atoms with Crippen molar-refractivity contribution >= 4 is 34.6 Å². The van der Waals surface area contributed by atoms with Crippen molar-refractivity contribution in [3.8, 4) is 0 Å². The summed E-state index contributed by atoms with van der Waals surface area (Å²) in [5.41, 5.74) is 3.22. The van der Waals surface area contributed by atoms with Crippen LogP contribution in [0.5, 0.6) is 0 Å². The standard InChI is InChI=1S/C16H17ClFN3S/c1-10-3-6-15-11(2)21(8-7-20(10)15)16(22)19-12-4-5-14(18)13(17)9-12/h3-6,9,11H,7-8H2,1-2H3,(H,19,22)/t11-/m0/s1. The highest BCUT2D eigenvalue weighted by Crippen LogP contribution is 2.28. The molecule has 0 bridgehead atoms. The Balaban J connectivity index is 1.77. The lowest BCUT2D eigenvalue weighted by atomic mass is 10.1. The van der Waals surface area contributed by atoms with Gasteiger partial charge in [0.15, 0.2) is 5.11 Å². The quantitative estimate of drug-likeness (QED) is 0.781. The third-order valence-corrected chi connectivity index (χ3v) is 4.75. The molecule has 2 aromatic rings. The molecule has 0 spiro atoms. The van der Waals surface area contributed by atoms with Crippen molar-refractivity contribution in [2.45, 2.75) is 26.4 Å². The lowest BCUT2D eigenvalue weighted by Gasteiger charge is -2.37. The number of rotatable bonds is 1. The fourth-order valence-electron chi connectivity index (χ4n) is 2.87. The number of benzene rings is 1. The van der Waals surface area contributed by atoms with E-state index in [1.807, 2.05) is 0 Å². The predicted octanol–water partition coefficient (Wildman–Crippen LogP) is 4.36. The van der Waals surface area contributed by atoms with E-state index in [1.165, 1.54) is 17.5 Å². The van der Waals surface area contributed by atoms with Crippen LogP contribution in [-0.4, -0.2) is 21.1 Å². The molecule has 0 radical (unpaired) electrons. The molecule has 0 aliphatic carbocycles. The molecule has 1 aliphatic heterocycles. The van der Waals surface area contributed by atoms with Crippen LogP contribution in [0.1, 0.15) is 24.4 Å². The number of hydrogen-bond acceptors (Lipinski definition) is 1. The van der Waals surface area contributed by atoms with Gasteiger partial charge in [0.25, 0.3) is 0 Å². The highest BCUT2D eigenvalue weighted by Gasteiger charge is 2.26. The molecule has 1 aliphatic rings. The average molecular weight is 338 g/mol. The summed E-state index contributed by atoms with van der Waals surface area (Å²) in [6.07, 6.45) is 0. The van der Waals surface area contributed by atoms with Crippen LogP contribution >= 0.6 is 23.8 Å². The van der Waals surface area contributed by atoms with Crippen LogP contribution in [0.2, 0.25) is 5.02 Å². The Bertz CT molecular complexity index is 728. The fourth-order valence-corrected chi connectivity index (χ4v) is 3.42. The number of thiocarbonyl (C=S) groups is 1. The second-order valence-electron chi connectivity index (χ2n) is 5.48. The highest BCUT2D eigenvalue weighted by molar-refractivity contribution is 7.80. The molecule has 6 heteroatoms. The maximum Gasteiger partial charge on any atom is 0.174 e. The molecule has 1 aromatic heterocycles. The molecular formula is C16H17ClFN3S. The van der Waals surface area contributed by atoms with Crippen LogP contribution in [0, 0.1) is 12.7 Å². The van der Waals surface area contributed by atoms with Crippen LogP contribution in [0.25, 0.3) is 0 Å². The Morgan fingerprint density at radius 3 is 2.82 bits per heavy atom. The van der Waals surface area contributed by atoms with E-state index in [-0.39, 0.29) is 11.1 Å². The first-order valence-corrected chi connectivity index (χ1v) is 7.94. The summed E-state index contributed by atoms with van der Waals surface area (Å²) >= 11 is 11.3. The van der Waals surface area contributed by atoms with Crippen molar-refractivity contribution in [1.29, 1.82) is 0 Å². The molecule has 0 amide bonds. The average Bonchev–Trinajstić information content (AvgIpc) is 2.86. The smallest absolute Gasteiger partial charge is 0.174 e. The fraction of sp³-hybridized carbons (Fsp3) is 0.312. The van der Waals surface area contributed by atoms with Crippen LogP contribution in [0.15, 0.2) is 30.3 Å². The Labute approximate surface area is 139 Å². The van der Waals surface area contributed by atoms with E-state index in [1.54, 1.807) is 12.1 Å². The van der Waals surface area contributed by atoms with Gasteiger partial charge in [-0.05, 0) is 56.4 Å². The zero-order chi connectivity index (χ0) is 15.9. The maximum atomic E-state index is 13.2. The Morgan fingerprint density at radius 2 is 2.09 bits per heavy atom. The summed E-state index contributed by atoms with van der Waals surface area (Å²) in [6, 6.07) is 8.98. The number of aromatic nitrogens is 1. The Kier molecular flexibility index (Phi) is 4.10. The van der Waals surface area contributed by atoms with Crippen LogP contribution in [0.3, 0.4) is 0 Å². The molecule has 0 saturated heterocycles. The molecule has 3 rings (SSSR count). The van der Waals surface area contributed by atoms with Crippen molar-refractivity contribution in [3.63, 3.8) is 0 Å². The van der Waals surface area contributed by atoms with Gasteiger partial charge in [0, 0.05) is 30.2 Å². The second-order valence-corrected chi connectivity index (χ2v) is 6.27. The van der Waals surface area contributed by atoms with E-state index in [2.05, 4.69) is 40.8 Å². The molecule has 0 unspecified atom stereocenters. The summed E-state index contributed by atoms with van der Waals surface area (Å²) in [5, 5.41) is 3.86. The van der Waals surface area contributed by atoms with Gasteiger partial charge < -0.3 is 14.8 Å². The van der Waals surface area contributed by atoms with Crippen LogP contribution < -0.4 is 5.32 Å². The highest BCUT2D eigenvalue weighted by atomic mass is 35.5. The van der Waals surface area contributed by atoms with Crippen molar-refractivity contribution in [1.82, 2.24) is 9.47 Å². The van der Waals surface area contributed by atoms with Gasteiger partial charge in [-0.1, -0.05) is 11.6 Å². The minimum atomic E-state index is -0.433. The summed E-state index contributed by atoms with van der Waals surface area (Å²) in [6.45, 7) is 5.99. The van der Waals surface area contributed by atoms with Gasteiger partial charge in [-0.3, -0.25) is 0 Å². The molecule has 3 nitrogen and oxygen atoms in total. The largest absolute Gasteiger partial charge is 0.345 e. The summed E-state index contributed by atoms with van der Waals surface area (Å²) in [7, 11) is 0. The van der Waals surface area contributed by atoms with E-state index in [9.17, 15) is 4.39 Å². The zero-order valence-electron chi connectivity index (χ0n) is 12.4. The molecular weight excluding hydrogens is 321 g/mol. The third kappa shape index (κ3) is 2.71. The van der Waals surface area contributed by atoms with Crippen molar-refractivity contribution in [3.05, 3.63) is 52.6 Å². The van der Waals surface area contributed by atoms with Crippen LogP contribution in [0.4, 0.5) is 10.1 Å². The minimum Gasteiger partial charge on any atom is -0.345 e. The van der Waals surface area contributed by atoms with Crippen molar-refractivity contribution < 1.29 is 4.39 Å². The Morgan fingerprint density at radius 1 is 1.32 bits per heavy atom. The Hall–Kier alpha value is -1.59. The summed E-state index contributed by atoms with van der Waals surface area (Å²) in [4.78, 5) is 2.14. The molecule has 1 N–H and O–H groups in total. The molecule has 1 aromatic carbocycles. The minimum absolute atomic E-state index is 0.0870. The molecule has 2 heterocycles. The van der Waals surface area contributed by atoms with Gasteiger partial charge in [0.05, 0.1) is 11.1 Å². The van der Waals surface area contributed by atoms with Crippen LogP contribution in [-0.2, 0) is 6.54 Å². The molecule has 0 saturated carbocycles. The summed E-state index contributed by atoms with van der Waals surface area (Å²) in [5.74, 6) is -0.433. The van der Waals surface area contributed by atoms with Crippen molar-refractivity contribution in [2.24, 2.45) is 0 Å². The number of fused-ring (bicyclic) bond motifs is 1. The lowest BCUT2D eigenvalue weighted by molar-refractivity contribution is 0.274. The van der Waals surface area contributed by atoms with E-state index in [4.69, 9.17) is 23.8 Å². The van der Waals surface area contributed by atoms with Crippen molar-refractivity contribution in [2.75, 3.05) is 11.9 Å². The number of anilines is 1. The summed E-state index contributed by atoms with van der Waals surface area (Å²) < 4.78 is 15.5. The number of hydrogen-bond donors (Lipinski definition) is 1. The monoisotopic (exact) mass is 337 g/mol. The van der Waals surface area contributed by atoms with E-state index in [0.717, 1.165) is 13.1 Å². The topological polar surface area (TPSA) is 20.2 Å². The molecule has 0 fully saturated rings. The maximum absolute atomic E-state index is 13.2. The first kappa shape index (κ1) is 15.3. The molecule has 22 heavy (non-hydrogen) atoms. The first-order valence-electron chi connectivity index (χ1n) is 7.16. The van der Waals surface area contributed by atoms with Gasteiger partial charge in [-0.15, -0.1) is 0 Å². The number of nitrogens with one attached hydrogen (secondary N) is 1. The van der Waals surface area contributed by atoms with Gasteiger partial charge in [0.2, 0.25) is 0 Å². The number of halogens is 2. The normalized spacial score (nSPS) is 17.3. The number of nitrogens with zero attached hydrogens (tertiary/aromatic N) is 2. The van der Waals surface area contributed by atoms with E-state index >= 15 is 0 Å². The van der Waals surface area contributed by atoms with Gasteiger partial charge in [-0.2, -0.15) is 0 Å². The van der Waals surface area contributed by atoms with E-state index < -0.39 is 5.82 Å². The van der Waals surface area contributed by atoms with Gasteiger partial charge in [0.1, 0.15) is 5.82 Å². The number of aryl methyl sites for hydroxylation is 1. The third-order valence-electron chi connectivity index (χ3n) is 4.12. The predicted molar refractivity (Wildman–Crippen MR) is 91.9 cm³/mol. The first-order chi connectivity index (χ1) is 10.5. The van der Waals surface area contributed by atoms with Gasteiger partial charge >= 0.3 is 0 Å². The second kappa shape index (κ2) is 5.89. The van der Waals surface area contributed by atoms with E-state index in [0.29, 0.717) is 10.8 Å². The zero-order valence-corrected chi connectivity index (χ0v) is 14.0. The molecule has 116 valence electrons. The SMILES string of the molecule is Cc1ccc2n1CCN(C(=S)Nc1ccc(F)c(Cl)c1)[C@H]2C. The molecule has 1 atom stereocenters.